The van der Waals surface area contributed by atoms with Gasteiger partial charge in [0.1, 0.15) is 17.3 Å². The first-order valence-corrected chi connectivity index (χ1v) is 6.23. The van der Waals surface area contributed by atoms with Crippen LogP contribution < -0.4 is 5.32 Å². The van der Waals surface area contributed by atoms with E-state index in [9.17, 15) is 0 Å². The van der Waals surface area contributed by atoms with Crippen molar-refractivity contribution in [2.24, 2.45) is 0 Å². The van der Waals surface area contributed by atoms with Crippen LogP contribution in [-0.4, -0.2) is 21.5 Å². The van der Waals surface area contributed by atoms with Gasteiger partial charge in [-0.25, -0.2) is 9.97 Å². The molecule has 0 bridgehead atoms. The number of aromatic nitrogens is 3. The van der Waals surface area contributed by atoms with Crippen molar-refractivity contribution in [1.29, 1.82) is 0 Å². The van der Waals surface area contributed by atoms with Crippen LogP contribution in [0, 0.1) is 0 Å². The summed E-state index contributed by atoms with van der Waals surface area (Å²) in [6.45, 7) is 0.762. The number of halogens is 2. The molecule has 0 aromatic carbocycles. The van der Waals surface area contributed by atoms with Gasteiger partial charge < -0.3 is 5.32 Å². The van der Waals surface area contributed by atoms with Crippen molar-refractivity contribution in [1.82, 2.24) is 15.0 Å². The van der Waals surface area contributed by atoms with E-state index in [4.69, 9.17) is 11.6 Å². The summed E-state index contributed by atoms with van der Waals surface area (Å²) in [6, 6.07) is 3.96. The van der Waals surface area contributed by atoms with Gasteiger partial charge in [0.25, 0.3) is 0 Å². The first-order valence-electron chi connectivity index (χ1n) is 5.06. The lowest BCUT2D eigenvalue weighted by Gasteiger charge is -2.07. The van der Waals surface area contributed by atoms with Crippen molar-refractivity contribution in [2.45, 2.75) is 6.42 Å². The van der Waals surface area contributed by atoms with Crippen molar-refractivity contribution >= 4 is 33.3 Å². The highest BCUT2D eigenvalue weighted by Crippen LogP contribution is 2.25. The molecule has 2 aromatic heterocycles. The van der Waals surface area contributed by atoms with Crippen LogP contribution in [0.5, 0.6) is 0 Å². The molecule has 88 valence electrons. The molecule has 0 saturated heterocycles. The third-order valence-corrected chi connectivity index (χ3v) is 3.44. The topological polar surface area (TPSA) is 50.7 Å². The van der Waals surface area contributed by atoms with E-state index in [1.807, 2.05) is 18.3 Å². The maximum atomic E-state index is 5.86. The fraction of sp³-hybridized carbons (Fsp3) is 0.182. The Balaban J connectivity index is 1.93. The molecule has 0 amide bonds. The van der Waals surface area contributed by atoms with Crippen LogP contribution in [-0.2, 0) is 6.42 Å². The van der Waals surface area contributed by atoms with Gasteiger partial charge in [0, 0.05) is 18.9 Å². The van der Waals surface area contributed by atoms with Gasteiger partial charge in [-0.1, -0.05) is 17.7 Å². The lowest BCUT2D eigenvalue weighted by Crippen LogP contribution is -2.07. The van der Waals surface area contributed by atoms with Gasteiger partial charge in [0.2, 0.25) is 0 Å². The molecule has 0 aliphatic rings. The highest BCUT2D eigenvalue weighted by Gasteiger charge is 2.05. The largest absolute Gasteiger partial charge is 0.369 e. The van der Waals surface area contributed by atoms with Crippen LogP contribution in [0.1, 0.15) is 5.56 Å². The fourth-order valence-corrected chi connectivity index (χ4v) is 1.82. The van der Waals surface area contributed by atoms with Gasteiger partial charge in [0.15, 0.2) is 0 Å². The Kier molecular flexibility index (Phi) is 4.28. The predicted molar refractivity (Wildman–Crippen MR) is 71.2 cm³/mol. The lowest BCUT2D eigenvalue weighted by molar-refractivity contribution is 0.985. The molecule has 6 heteroatoms. The molecular weight excluding hydrogens is 304 g/mol. The maximum absolute atomic E-state index is 5.86. The Morgan fingerprint density at radius 2 is 2.24 bits per heavy atom. The number of hydrogen-bond donors (Lipinski definition) is 1. The first-order chi connectivity index (χ1) is 8.27. The Labute approximate surface area is 113 Å². The molecule has 2 aromatic rings. The monoisotopic (exact) mass is 312 g/mol. The molecule has 0 aliphatic heterocycles. The minimum absolute atomic E-state index is 0.406. The van der Waals surface area contributed by atoms with Gasteiger partial charge in [-0.15, -0.1) is 0 Å². The average molecular weight is 314 g/mol. The van der Waals surface area contributed by atoms with Gasteiger partial charge in [-0.05, 0) is 34.0 Å². The molecule has 0 fully saturated rings. The Hall–Kier alpha value is -1.20. The zero-order chi connectivity index (χ0) is 12.1. The number of nitrogens with one attached hydrogen (secondary N) is 1. The second-order valence-corrected chi connectivity index (χ2v) is 4.52. The normalized spacial score (nSPS) is 10.2. The SMILES string of the molecule is Clc1ncnc(NCCc2cccnc2)c1Br. The van der Waals surface area contributed by atoms with Crippen molar-refractivity contribution < 1.29 is 0 Å². The van der Waals surface area contributed by atoms with Gasteiger partial charge in [-0.2, -0.15) is 0 Å². The fourth-order valence-electron chi connectivity index (χ4n) is 1.34. The van der Waals surface area contributed by atoms with E-state index in [0.717, 1.165) is 13.0 Å². The van der Waals surface area contributed by atoms with Gasteiger partial charge in [-0.3, -0.25) is 4.98 Å². The molecule has 0 saturated carbocycles. The minimum atomic E-state index is 0.406. The summed E-state index contributed by atoms with van der Waals surface area (Å²) < 4.78 is 0.688. The van der Waals surface area contributed by atoms with Crippen LogP contribution in [0.15, 0.2) is 35.3 Å². The van der Waals surface area contributed by atoms with E-state index in [2.05, 4.69) is 36.2 Å². The smallest absolute Gasteiger partial charge is 0.148 e. The van der Waals surface area contributed by atoms with Crippen LogP contribution in [0.25, 0.3) is 0 Å². The summed E-state index contributed by atoms with van der Waals surface area (Å²) >= 11 is 9.20. The van der Waals surface area contributed by atoms with E-state index in [1.54, 1.807) is 6.20 Å². The van der Waals surface area contributed by atoms with Gasteiger partial charge >= 0.3 is 0 Å². The molecule has 0 unspecified atom stereocenters. The third kappa shape index (κ3) is 3.38. The second-order valence-electron chi connectivity index (χ2n) is 3.37. The van der Waals surface area contributed by atoms with Crippen molar-refractivity contribution in [3.63, 3.8) is 0 Å². The number of hydrogen-bond acceptors (Lipinski definition) is 4. The molecule has 0 radical (unpaired) electrons. The molecular formula is C11H10BrClN4. The summed E-state index contributed by atoms with van der Waals surface area (Å²) in [7, 11) is 0. The standard InChI is InChI=1S/C11H10BrClN4/c12-9-10(13)16-7-17-11(9)15-5-3-8-2-1-4-14-6-8/h1-2,4,6-7H,3,5H2,(H,15,16,17). The zero-order valence-electron chi connectivity index (χ0n) is 8.90. The molecule has 0 spiro atoms. The summed E-state index contributed by atoms with van der Waals surface area (Å²) in [5.74, 6) is 0.703. The summed E-state index contributed by atoms with van der Waals surface area (Å²) in [5.41, 5.74) is 1.18. The van der Waals surface area contributed by atoms with Crippen molar-refractivity contribution in [3.05, 3.63) is 46.0 Å². The van der Waals surface area contributed by atoms with Gasteiger partial charge in [0.05, 0.1) is 4.47 Å². The summed E-state index contributed by atoms with van der Waals surface area (Å²) in [6.07, 6.45) is 5.92. The lowest BCUT2D eigenvalue weighted by atomic mass is 10.2. The molecule has 17 heavy (non-hydrogen) atoms. The second kappa shape index (κ2) is 5.93. The maximum Gasteiger partial charge on any atom is 0.148 e. The molecule has 2 rings (SSSR count). The van der Waals surface area contributed by atoms with E-state index in [0.29, 0.717) is 15.4 Å². The Morgan fingerprint density at radius 3 is 3.00 bits per heavy atom. The van der Waals surface area contributed by atoms with E-state index < -0.39 is 0 Å². The predicted octanol–water partition coefficient (Wildman–Crippen LogP) is 2.94. The first kappa shape index (κ1) is 12.3. The molecule has 1 N–H and O–H groups in total. The molecule has 0 aliphatic carbocycles. The zero-order valence-corrected chi connectivity index (χ0v) is 11.2. The van der Waals surface area contributed by atoms with Crippen LogP contribution in [0.3, 0.4) is 0 Å². The number of nitrogens with zero attached hydrogens (tertiary/aromatic N) is 3. The van der Waals surface area contributed by atoms with Crippen LogP contribution in [0.4, 0.5) is 5.82 Å². The highest BCUT2D eigenvalue weighted by atomic mass is 79.9. The van der Waals surface area contributed by atoms with E-state index in [1.165, 1.54) is 11.9 Å². The Morgan fingerprint density at radius 1 is 1.35 bits per heavy atom. The van der Waals surface area contributed by atoms with Crippen molar-refractivity contribution in [2.75, 3.05) is 11.9 Å². The molecule has 0 atom stereocenters. The number of anilines is 1. The van der Waals surface area contributed by atoms with Crippen molar-refractivity contribution in [3.8, 4) is 0 Å². The highest BCUT2D eigenvalue weighted by molar-refractivity contribution is 9.10. The minimum Gasteiger partial charge on any atom is -0.369 e. The average Bonchev–Trinajstić information content (AvgIpc) is 2.36. The van der Waals surface area contributed by atoms with Crippen LogP contribution in [0.2, 0.25) is 5.15 Å². The summed E-state index contributed by atoms with van der Waals surface area (Å²) in [5, 5.41) is 3.60. The Bertz CT molecular complexity index is 492. The number of rotatable bonds is 4. The number of pyridine rings is 1. The summed E-state index contributed by atoms with van der Waals surface area (Å²) in [4.78, 5) is 12.0. The van der Waals surface area contributed by atoms with Crippen LogP contribution >= 0.6 is 27.5 Å². The van der Waals surface area contributed by atoms with E-state index in [-0.39, 0.29) is 0 Å². The molecule has 4 nitrogen and oxygen atoms in total. The molecule has 2 heterocycles. The van der Waals surface area contributed by atoms with E-state index >= 15 is 0 Å². The quantitative estimate of drug-likeness (QED) is 0.882. The third-order valence-electron chi connectivity index (χ3n) is 2.18.